The highest BCUT2D eigenvalue weighted by atomic mass is 127. The Morgan fingerprint density at radius 1 is 1.13 bits per heavy atom. The van der Waals surface area contributed by atoms with E-state index in [1.54, 1.807) is 0 Å². The van der Waals surface area contributed by atoms with Crippen LogP contribution in [0.3, 0.4) is 0 Å². The quantitative estimate of drug-likeness (QED) is 0.203. The van der Waals surface area contributed by atoms with Gasteiger partial charge in [0, 0.05) is 39.2 Å². The minimum Gasteiger partial charge on any atom is -0.376 e. The third-order valence-corrected chi connectivity index (χ3v) is 5.50. The number of rotatable bonds is 10. The van der Waals surface area contributed by atoms with Crippen LogP contribution >= 0.6 is 24.0 Å². The molecular formula is C25H36IN3O2. The molecule has 1 N–H and O–H groups in total. The summed E-state index contributed by atoms with van der Waals surface area (Å²) in [5.74, 6) is 1.54. The van der Waals surface area contributed by atoms with E-state index in [-0.39, 0.29) is 30.1 Å². The van der Waals surface area contributed by atoms with Crippen molar-refractivity contribution in [1.82, 2.24) is 10.2 Å². The van der Waals surface area contributed by atoms with E-state index >= 15 is 0 Å². The van der Waals surface area contributed by atoms with E-state index in [1.165, 1.54) is 11.1 Å². The monoisotopic (exact) mass is 537 g/mol. The fourth-order valence-corrected chi connectivity index (χ4v) is 3.76. The number of benzene rings is 2. The molecule has 2 atom stereocenters. The van der Waals surface area contributed by atoms with Crippen LogP contribution in [0.25, 0.3) is 0 Å². The van der Waals surface area contributed by atoms with Crippen molar-refractivity contribution in [1.29, 1.82) is 0 Å². The Kier molecular flexibility index (Phi) is 11.9. The zero-order valence-corrected chi connectivity index (χ0v) is 21.0. The highest BCUT2D eigenvalue weighted by molar-refractivity contribution is 14.0. The molecule has 0 saturated carbocycles. The molecular weight excluding hydrogens is 501 g/mol. The minimum absolute atomic E-state index is 0. The van der Waals surface area contributed by atoms with Crippen molar-refractivity contribution in [2.75, 3.05) is 39.9 Å². The molecule has 0 bridgehead atoms. The molecule has 0 radical (unpaired) electrons. The molecule has 0 aromatic heterocycles. The van der Waals surface area contributed by atoms with Crippen LogP contribution in [0.5, 0.6) is 0 Å². The molecule has 1 fully saturated rings. The van der Waals surface area contributed by atoms with Crippen molar-refractivity contribution < 1.29 is 9.47 Å². The van der Waals surface area contributed by atoms with Crippen LogP contribution in [-0.2, 0) is 16.1 Å². The summed E-state index contributed by atoms with van der Waals surface area (Å²) in [6.45, 7) is 7.21. The molecule has 0 spiro atoms. The van der Waals surface area contributed by atoms with Crippen molar-refractivity contribution in [3.8, 4) is 0 Å². The standard InChI is InChI=1S/C25H35N3O2.HI/c1-21(24-12-7-4-8-13-24)30-17-9-15-27-25(26-2)28-16-14-23(18-28)20-29-19-22-10-5-3-6-11-22;/h3-8,10-13,21,23H,9,14-20H2,1-2H3,(H,26,27);1H. The summed E-state index contributed by atoms with van der Waals surface area (Å²) in [7, 11) is 1.86. The van der Waals surface area contributed by atoms with Gasteiger partial charge in [-0.1, -0.05) is 60.7 Å². The van der Waals surface area contributed by atoms with Crippen LogP contribution in [0.2, 0.25) is 0 Å². The lowest BCUT2D eigenvalue weighted by molar-refractivity contribution is 0.0645. The first kappa shape index (κ1) is 25.6. The van der Waals surface area contributed by atoms with E-state index in [2.05, 4.69) is 70.7 Å². The molecule has 6 heteroatoms. The predicted octanol–water partition coefficient (Wildman–Crippen LogP) is 4.89. The van der Waals surface area contributed by atoms with Gasteiger partial charge in [-0.15, -0.1) is 24.0 Å². The van der Waals surface area contributed by atoms with Crippen molar-refractivity contribution in [2.45, 2.75) is 32.5 Å². The molecule has 3 rings (SSSR count). The van der Waals surface area contributed by atoms with Gasteiger partial charge in [0.25, 0.3) is 0 Å². The third-order valence-electron chi connectivity index (χ3n) is 5.50. The summed E-state index contributed by atoms with van der Waals surface area (Å²) in [6, 6.07) is 20.7. The molecule has 1 saturated heterocycles. The molecule has 5 nitrogen and oxygen atoms in total. The lowest BCUT2D eigenvalue weighted by atomic mass is 10.1. The maximum absolute atomic E-state index is 5.96. The normalized spacial score (nSPS) is 17.3. The van der Waals surface area contributed by atoms with Gasteiger partial charge < -0.3 is 19.7 Å². The topological polar surface area (TPSA) is 46.1 Å². The first-order valence-corrected chi connectivity index (χ1v) is 11.0. The second-order valence-corrected chi connectivity index (χ2v) is 7.85. The Morgan fingerprint density at radius 2 is 1.84 bits per heavy atom. The van der Waals surface area contributed by atoms with Gasteiger partial charge in [0.2, 0.25) is 0 Å². The van der Waals surface area contributed by atoms with E-state index in [0.717, 1.165) is 51.6 Å². The van der Waals surface area contributed by atoms with Gasteiger partial charge in [-0.2, -0.15) is 0 Å². The van der Waals surface area contributed by atoms with Crippen LogP contribution < -0.4 is 5.32 Å². The summed E-state index contributed by atoms with van der Waals surface area (Å²) in [4.78, 5) is 6.80. The van der Waals surface area contributed by atoms with Crippen LogP contribution in [0.15, 0.2) is 65.7 Å². The predicted molar refractivity (Wildman–Crippen MR) is 138 cm³/mol. The number of guanidine groups is 1. The molecule has 2 unspecified atom stereocenters. The number of hydrogen-bond donors (Lipinski definition) is 1. The Balaban J connectivity index is 0.00000341. The number of ether oxygens (including phenoxy) is 2. The molecule has 170 valence electrons. The molecule has 1 aliphatic heterocycles. The van der Waals surface area contributed by atoms with E-state index in [1.807, 2.05) is 19.2 Å². The molecule has 1 aliphatic rings. The molecule has 0 aliphatic carbocycles. The summed E-state index contributed by atoms with van der Waals surface area (Å²) in [5.41, 5.74) is 2.45. The Bertz CT molecular complexity index is 758. The van der Waals surface area contributed by atoms with Crippen LogP contribution in [0.4, 0.5) is 0 Å². The van der Waals surface area contributed by atoms with Crippen molar-refractivity contribution in [2.24, 2.45) is 10.9 Å². The first-order chi connectivity index (χ1) is 14.8. The molecule has 0 amide bonds. The van der Waals surface area contributed by atoms with E-state index in [9.17, 15) is 0 Å². The third kappa shape index (κ3) is 8.79. The van der Waals surface area contributed by atoms with Crippen LogP contribution in [0.1, 0.15) is 37.0 Å². The maximum atomic E-state index is 5.96. The largest absolute Gasteiger partial charge is 0.376 e. The van der Waals surface area contributed by atoms with Gasteiger partial charge in [0.05, 0.1) is 19.3 Å². The lowest BCUT2D eigenvalue weighted by Gasteiger charge is -2.22. The number of aliphatic imine (C=N–C) groups is 1. The zero-order valence-electron chi connectivity index (χ0n) is 18.7. The molecule has 1 heterocycles. The average Bonchev–Trinajstić information content (AvgIpc) is 3.26. The fraction of sp³-hybridized carbons (Fsp3) is 0.480. The summed E-state index contributed by atoms with van der Waals surface area (Å²) in [5, 5.41) is 3.48. The Hall–Kier alpha value is -1.64. The minimum atomic E-state index is 0. The summed E-state index contributed by atoms with van der Waals surface area (Å²) in [6.07, 6.45) is 2.22. The fourth-order valence-electron chi connectivity index (χ4n) is 3.76. The first-order valence-electron chi connectivity index (χ1n) is 11.0. The average molecular weight is 537 g/mol. The zero-order chi connectivity index (χ0) is 21.0. The Labute approximate surface area is 204 Å². The summed E-state index contributed by atoms with van der Waals surface area (Å²) >= 11 is 0. The van der Waals surface area contributed by atoms with Gasteiger partial charge in [-0.3, -0.25) is 4.99 Å². The maximum Gasteiger partial charge on any atom is 0.193 e. The van der Waals surface area contributed by atoms with E-state index in [0.29, 0.717) is 12.5 Å². The number of halogens is 1. The van der Waals surface area contributed by atoms with Gasteiger partial charge in [0.15, 0.2) is 5.96 Å². The van der Waals surface area contributed by atoms with Crippen molar-refractivity contribution in [3.05, 3.63) is 71.8 Å². The van der Waals surface area contributed by atoms with E-state index in [4.69, 9.17) is 9.47 Å². The molecule has 31 heavy (non-hydrogen) atoms. The number of nitrogens with zero attached hydrogens (tertiary/aromatic N) is 2. The number of hydrogen-bond acceptors (Lipinski definition) is 3. The second-order valence-electron chi connectivity index (χ2n) is 7.85. The van der Waals surface area contributed by atoms with Crippen molar-refractivity contribution >= 4 is 29.9 Å². The van der Waals surface area contributed by atoms with E-state index < -0.39 is 0 Å². The lowest BCUT2D eigenvalue weighted by Crippen LogP contribution is -2.40. The van der Waals surface area contributed by atoms with Crippen molar-refractivity contribution in [3.63, 3.8) is 0 Å². The van der Waals surface area contributed by atoms with Gasteiger partial charge in [-0.05, 0) is 30.9 Å². The molecule has 2 aromatic carbocycles. The Morgan fingerprint density at radius 3 is 2.55 bits per heavy atom. The van der Waals surface area contributed by atoms with Crippen LogP contribution in [-0.4, -0.2) is 50.8 Å². The van der Waals surface area contributed by atoms with Gasteiger partial charge in [-0.25, -0.2) is 0 Å². The summed E-state index contributed by atoms with van der Waals surface area (Å²) < 4.78 is 11.9. The molecule has 2 aromatic rings. The SMILES string of the molecule is CN=C(NCCCOC(C)c1ccccc1)N1CCC(COCc2ccccc2)C1.I. The smallest absolute Gasteiger partial charge is 0.193 e. The van der Waals surface area contributed by atoms with Gasteiger partial charge in [0.1, 0.15) is 0 Å². The van der Waals surface area contributed by atoms with Crippen LogP contribution in [0, 0.1) is 5.92 Å². The highest BCUT2D eigenvalue weighted by Crippen LogP contribution is 2.18. The van der Waals surface area contributed by atoms with Gasteiger partial charge >= 0.3 is 0 Å². The number of likely N-dealkylation sites (tertiary alicyclic amines) is 1. The number of nitrogens with one attached hydrogen (secondary N) is 1. The highest BCUT2D eigenvalue weighted by Gasteiger charge is 2.24. The second kappa shape index (κ2) is 14.4.